The summed E-state index contributed by atoms with van der Waals surface area (Å²) in [4.78, 5) is 0. The highest BCUT2D eigenvalue weighted by Gasteiger charge is 2.21. The third-order valence-electron chi connectivity index (χ3n) is 3.24. The van der Waals surface area contributed by atoms with E-state index < -0.39 is 0 Å². The Morgan fingerprint density at radius 3 is 2.33 bits per heavy atom. The summed E-state index contributed by atoms with van der Waals surface area (Å²) >= 11 is 0. The van der Waals surface area contributed by atoms with Gasteiger partial charge in [-0.05, 0) is 43.4 Å². The molecule has 0 heteroatoms. The molecule has 0 bridgehead atoms. The molecule has 0 radical (unpaired) electrons. The largest absolute Gasteiger partial charge is 0.0882 e. The van der Waals surface area contributed by atoms with E-state index in [2.05, 4.69) is 31.2 Å². The van der Waals surface area contributed by atoms with Gasteiger partial charge in [-0.15, -0.1) is 0 Å². The van der Waals surface area contributed by atoms with Gasteiger partial charge in [-0.1, -0.05) is 31.2 Å². The molecular weight excluding hydrogens is 144 g/mol. The minimum Gasteiger partial charge on any atom is -0.0882 e. The van der Waals surface area contributed by atoms with Crippen molar-refractivity contribution < 1.29 is 0 Å². The van der Waals surface area contributed by atoms with Crippen molar-refractivity contribution in [2.45, 2.75) is 32.6 Å². The van der Waals surface area contributed by atoms with E-state index in [0.717, 1.165) is 17.8 Å². The second-order valence-corrected chi connectivity index (χ2v) is 4.27. The molecule has 0 aliphatic heterocycles. The predicted molar refractivity (Wildman–Crippen MR) is 52.9 cm³/mol. The lowest BCUT2D eigenvalue weighted by Crippen LogP contribution is -2.13. The van der Waals surface area contributed by atoms with Gasteiger partial charge < -0.3 is 0 Å². The summed E-state index contributed by atoms with van der Waals surface area (Å²) in [5.74, 6) is 2.56. The van der Waals surface area contributed by atoms with Crippen LogP contribution in [0.25, 0.3) is 0 Å². The Hall–Kier alpha value is -0.520. The van der Waals surface area contributed by atoms with Crippen molar-refractivity contribution in [3.63, 3.8) is 0 Å². The first kappa shape index (κ1) is 8.10. The fourth-order valence-electron chi connectivity index (χ4n) is 2.35. The average Bonchev–Trinajstić information content (AvgIpc) is 2.58. The summed E-state index contributed by atoms with van der Waals surface area (Å²) in [5.41, 5.74) is 0. The minimum atomic E-state index is 0.826. The van der Waals surface area contributed by atoms with Gasteiger partial charge in [0.05, 0.1) is 0 Å². The summed E-state index contributed by atoms with van der Waals surface area (Å²) in [5, 5.41) is 0. The van der Waals surface area contributed by atoms with Crippen molar-refractivity contribution in [1.82, 2.24) is 0 Å². The molecule has 0 saturated heterocycles. The molecule has 3 atom stereocenters. The summed E-state index contributed by atoms with van der Waals surface area (Å²) in [6.45, 7) is 2.32. The maximum atomic E-state index is 2.45. The molecule has 0 spiro atoms. The molecular formula is C12H18. The third kappa shape index (κ3) is 1.63. The zero-order valence-electron chi connectivity index (χ0n) is 7.87. The molecule has 2 aliphatic carbocycles. The Balaban J connectivity index is 1.96. The zero-order chi connectivity index (χ0) is 8.39. The van der Waals surface area contributed by atoms with Gasteiger partial charge in [0, 0.05) is 0 Å². The van der Waals surface area contributed by atoms with E-state index in [1.165, 1.54) is 25.7 Å². The number of rotatable bonds is 1. The van der Waals surface area contributed by atoms with Crippen molar-refractivity contribution in [3.05, 3.63) is 24.3 Å². The van der Waals surface area contributed by atoms with Crippen molar-refractivity contribution in [2.75, 3.05) is 0 Å². The Kier molecular flexibility index (Phi) is 2.34. The Labute approximate surface area is 75.4 Å². The summed E-state index contributed by atoms with van der Waals surface area (Å²) in [7, 11) is 0. The lowest BCUT2D eigenvalue weighted by Gasteiger charge is -2.24. The molecule has 3 unspecified atom stereocenters. The molecule has 0 aromatic carbocycles. The van der Waals surface area contributed by atoms with Crippen molar-refractivity contribution in [3.8, 4) is 0 Å². The van der Waals surface area contributed by atoms with Crippen LogP contribution in [0.5, 0.6) is 0 Å². The maximum Gasteiger partial charge on any atom is -0.0168 e. The summed E-state index contributed by atoms with van der Waals surface area (Å²) in [6, 6.07) is 0. The van der Waals surface area contributed by atoms with E-state index in [-0.39, 0.29) is 0 Å². The van der Waals surface area contributed by atoms with Crippen LogP contribution in [0, 0.1) is 17.8 Å². The van der Waals surface area contributed by atoms with Crippen LogP contribution >= 0.6 is 0 Å². The molecule has 0 nitrogen and oxygen atoms in total. The maximum absolute atomic E-state index is 2.45. The fraction of sp³-hybridized carbons (Fsp3) is 0.667. The molecule has 2 rings (SSSR count). The number of allylic oxidation sites excluding steroid dienone is 4. The van der Waals surface area contributed by atoms with Crippen LogP contribution in [0.4, 0.5) is 0 Å². The SMILES string of the molecule is CC1C=CC(C2C=CCC2)CC1. The normalized spacial score (nSPS) is 40.6. The van der Waals surface area contributed by atoms with Crippen molar-refractivity contribution in [1.29, 1.82) is 0 Å². The van der Waals surface area contributed by atoms with Crippen LogP contribution < -0.4 is 0 Å². The predicted octanol–water partition coefficient (Wildman–Crippen LogP) is 3.55. The topological polar surface area (TPSA) is 0 Å². The molecule has 0 saturated carbocycles. The smallest absolute Gasteiger partial charge is 0.0168 e. The quantitative estimate of drug-likeness (QED) is 0.517. The molecule has 0 heterocycles. The van der Waals surface area contributed by atoms with E-state index in [9.17, 15) is 0 Å². The lowest BCUT2D eigenvalue weighted by atomic mass is 9.81. The molecule has 0 amide bonds. The van der Waals surface area contributed by atoms with Crippen LogP contribution in [-0.4, -0.2) is 0 Å². The Morgan fingerprint density at radius 1 is 0.917 bits per heavy atom. The highest BCUT2D eigenvalue weighted by molar-refractivity contribution is 5.07. The number of hydrogen-bond donors (Lipinski definition) is 0. The lowest BCUT2D eigenvalue weighted by molar-refractivity contribution is 0.386. The van der Waals surface area contributed by atoms with Crippen molar-refractivity contribution >= 4 is 0 Å². The van der Waals surface area contributed by atoms with Gasteiger partial charge in [0.1, 0.15) is 0 Å². The van der Waals surface area contributed by atoms with E-state index in [1.807, 2.05) is 0 Å². The zero-order valence-corrected chi connectivity index (χ0v) is 7.87. The molecule has 0 aromatic heterocycles. The van der Waals surface area contributed by atoms with Gasteiger partial charge in [-0.25, -0.2) is 0 Å². The van der Waals surface area contributed by atoms with Crippen LogP contribution in [0.15, 0.2) is 24.3 Å². The Morgan fingerprint density at radius 2 is 1.75 bits per heavy atom. The third-order valence-corrected chi connectivity index (χ3v) is 3.24. The summed E-state index contributed by atoms with van der Waals surface area (Å²) < 4.78 is 0. The van der Waals surface area contributed by atoms with E-state index >= 15 is 0 Å². The molecule has 2 aliphatic rings. The monoisotopic (exact) mass is 162 g/mol. The van der Waals surface area contributed by atoms with Crippen LogP contribution in [-0.2, 0) is 0 Å². The summed E-state index contributed by atoms with van der Waals surface area (Å²) in [6.07, 6.45) is 15.1. The van der Waals surface area contributed by atoms with Crippen LogP contribution in [0.3, 0.4) is 0 Å². The molecule has 12 heavy (non-hydrogen) atoms. The Bertz CT molecular complexity index is 200. The minimum absolute atomic E-state index is 0.826. The second-order valence-electron chi connectivity index (χ2n) is 4.27. The van der Waals surface area contributed by atoms with Gasteiger partial charge >= 0.3 is 0 Å². The van der Waals surface area contributed by atoms with Gasteiger partial charge in [0.15, 0.2) is 0 Å². The first-order valence-corrected chi connectivity index (χ1v) is 5.21. The fourth-order valence-corrected chi connectivity index (χ4v) is 2.35. The molecule has 0 fully saturated rings. The second kappa shape index (κ2) is 3.47. The molecule has 0 aromatic rings. The van der Waals surface area contributed by atoms with E-state index in [0.29, 0.717) is 0 Å². The van der Waals surface area contributed by atoms with Gasteiger partial charge in [-0.2, -0.15) is 0 Å². The first-order chi connectivity index (χ1) is 5.86. The van der Waals surface area contributed by atoms with Crippen LogP contribution in [0.2, 0.25) is 0 Å². The highest BCUT2D eigenvalue weighted by atomic mass is 14.3. The number of hydrogen-bond acceptors (Lipinski definition) is 0. The van der Waals surface area contributed by atoms with Gasteiger partial charge in [0.2, 0.25) is 0 Å². The van der Waals surface area contributed by atoms with E-state index in [4.69, 9.17) is 0 Å². The van der Waals surface area contributed by atoms with E-state index in [1.54, 1.807) is 0 Å². The highest BCUT2D eigenvalue weighted by Crippen LogP contribution is 2.33. The van der Waals surface area contributed by atoms with Crippen molar-refractivity contribution in [2.24, 2.45) is 17.8 Å². The standard InChI is InChI=1S/C12H18/c1-10-6-8-12(9-7-10)11-4-2-3-5-11/h2,4,6,8,10-12H,3,5,7,9H2,1H3. The molecule has 0 N–H and O–H groups in total. The van der Waals surface area contributed by atoms with Crippen LogP contribution in [0.1, 0.15) is 32.6 Å². The first-order valence-electron chi connectivity index (χ1n) is 5.21. The average molecular weight is 162 g/mol. The van der Waals surface area contributed by atoms with Gasteiger partial charge in [-0.3, -0.25) is 0 Å². The molecule has 66 valence electrons. The van der Waals surface area contributed by atoms with Gasteiger partial charge in [0.25, 0.3) is 0 Å².